The summed E-state index contributed by atoms with van der Waals surface area (Å²) in [7, 11) is 0. The summed E-state index contributed by atoms with van der Waals surface area (Å²) in [5.41, 5.74) is 7.11. The second-order valence-corrected chi connectivity index (χ2v) is 4.04. The monoisotopic (exact) mass is 245 g/mol. The van der Waals surface area contributed by atoms with Gasteiger partial charge in [-0.3, -0.25) is 0 Å². The molecule has 0 saturated heterocycles. The predicted octanol–water partition coefficient (Wildman–Crippen LogP) is 2.42. The maximum Gasteiger partial charge on any atom is 0.332 e. The topological polar surface area (TPSA) is 76.5 Å². The maximum absolute atomic E-state index is 10.9. The van der Waals surface area contributed by atoms with Crippen molar-refractivity contribution in [2.75, 3.05) is 6.54 Å². The Morgan fingerprint density at radius 1 is 1.44 bits per heavy atom. The van der Waals surface area contributed by atoms with Gasteiger partial charge in [-0.15, -0.1) is 0 Å². The highest BCUT2D eigenvalue weighted by molar-refractivity contribution is 5.93. The molecule has 2 aromatic rings. The van der Waals surface area contributed by atoms with Gasteiger partial charge in [-0.05, 0) is 23.8 Å². The third-order valence-electron chi connectivity index (χ3n) is 2.78. The van der Waals surface area contributed by atoms with Gasteiger partial charge in [0.1, 0.15) is 11.3 Å². The maximum atomic E-state index is 10.9. The van der Waals surface area contributed by atoms with E-state index < -0.39 is 5.97 Å². The summed E-state index contributed by atoms with van der Waals surface area (Å²) in [4.78, 5) is 10.9. The van der Waals surface area contributed by atoms with Crippen LogP contribution in [0.4, 0.5) is 0 Å². The van der Waals surface area contributed by atoms with Gasteiger partial charge in [0.25, 0.3) is 0 Å². The summed E-state index contributed by atoms with van der Waals surface area (Å²) in [6.07, 6.45) is 2.40. The van der Waals surface area contributed by atoms with Crippen LogP contribution in [0.5, 0.6) is 0 Å². The standard InChI is InChI=1S/C14H15NO3/c1-2-12-7-10-4-3-9(6-13(10)18-12)5-11(8-15)14(16)17/h3-7H,2,8,15H2,1H3,(H,16,17)/b11-5-. The van der Waals surface area contributed by atoms with E-state index in [1.54, 1.807) is 6.08 Å². The first kappa shape index (κ1) is 12.4. The molecule has 0 radical (unpaired) electrons. The van der Waals surface area contributed by atoms with Gasteiger partial charge in [-0.1, -0.05) is 19.1 Å². The summed E-state index contributed by atoms with van der Waals surface area (Å²) in [6.45, 7) is 2.03. The molecule has 18 heavy (non-hydrogen) atoms. The van der Waals surface area contributed by atoms with E-state index >= 15 is 0 Å². The highest BCUT2D eigenvalue weighted by atomic mass is 16.4. The van der Waals surface area contributed by atoms with Crippen LogP contribution < -0.4 is 5.73 Å². The molecule has 2 rings (SSSR count). The van der Waals surface area contributed by atoms with Crippen molar-refractivity contribution in [2.24, 2.45) is 5.73 Å². The van der Waals surface area contributed by atoms with E-state index in [4.69, 9.17) is 15.3 Å². The minimum absolute atomic E-state index is 0.00569. The zero-order chi connectivity index (χ0) is 13.1. The Morgan fingerprint density at radius 3 is 2.83 bits per heavy atom. The van der Waals surface area contributed by atoms with E-state index in [0.29, 0.717) is 0 Å². The van der Waals surface area contributed by atoms with Crippen LogP contribution in [0.3, 0.4) is 0 Å². The van der Waals surface area contributed by atoms with E-state index in [2.05, 4.69) is 0 Å². The fourth-order valence-electron chi connectivity index (χ4n) is 1.78. The number of hydrogen-bond donors (Lipinski definition) is 2. The van der Waals surface area contributed by atoms with Crippen molar-refractivity contribution < 1.29 is 14.3 Å². The molecule has 4 nitrogen and oxygen atoms in total. The predicted molar refractivity (Wildman–Crippen MR) is 70.3 cm³/mol. The zero-order valence-electron chi connectivity index (χ0n) is 10.1. The highest BCUT2D eigenvalue weighted by Crippen LogP contribution is 2.22. The van der Waals surface area contributed by atoms with Gasteiger partial charge < -0.3 is 15.3 Å². The smallest absolute Gasteiger partial charge is 0.332 e. The van der Waals surface area contributed by atoms with Gasteiger partial charge in [0.15, 0.2) is 0 Å². The normalized spacial score (nSPS) is 12.0. The molecular weight excluding hydrogens is 230 g/mol. The van der Waals surface area contributed by atoms with E-state index in [9.17, 15) is 4.79 Å². The Bertz CT molecular complexity index is 611. The van der Waals surface area contributed by atoms with E-state index in [1.165, 1.54) is 0 Å². The van der Waals surface area contributed by atoms with Crippen molar-refractivity contribution in [1.29, 1.82) is 0 Å². The van der Waals surface area contributed by atoms with Gasteiger partial charge in [0.05, 0.1) is 5.57 Å². The van der Waals surface area contributed by atoms with Gasteiger partial charge in [-0.2, -0.15) is 0 Å². The quantitative estimate of drug-likeness (QED) is 0.811. The van der Waals surface area contributed by atoms with Gasteiger partial charge in [0.2, 0.25) is 0 Å². The van der Waals surface area contributed by atoms with Crippen molar-refractivity contribution in [3.8, 4) is 0 Å². The van der Waals surface area contributed by atoms with Crippen LogP contribution in [0.15, 0.2) is 34.3 Å². The number of carbonyl (C=O) groups is 1. The fourth-order valence-corrected chi connectivity index (χ4v) is 1.78. The van der Waals surface area contributed by atoms with Crippen LogP contribution >= 0.6 is 0 Å². The molecule has 0 atom stereocenters. The van der Waals surface area contributed by atoms with Crippen LogP contribution in [0.25, 0.3) is 17.0 Å². The van der Waals surface area contributed by atoms with Crippen molar-refractivity contribution in [1.82, 2.24) is 0 Å². The number of aliphatic carboxylic acids is 1. The molecule has 94 valence electrons. The van der Waals surface area contributed by atoms with Crippen molar-refractivity contribution >= 4 is 23.0 Å². The van der Waals surface area contributed by atoms with Crippen molar-refractivity contribution in [3.63, 3.8) is 0 Å². The number of nitrogens with two attached hydrogens (primary N) is 1. The van der Waals surface area contributed by atoms with E-state index in [0.717, 1.165) is 28.7 Å². The molecule has 0 spiro atoms. The molecule has 0 saturated carbocycles. The number of furan rings is 1. The molecule has 0 bridgehead atoms. The number of carboxylic acids is 1. The lowest BCUT2D eigenvalue weighted by molar-refractivity contribution is -0.132. The number of fused-ring (bicyclic) bond motifs is 1. The highest BCUT2D eigenvalue weighted by Gasteiger charge is 2.06. The van der Waals surface area contributed by atoms with Crippen LogP contribution in [0, 0.1) is 0 Å². The number of rotatable bonds is 4. The molecule has 1 aromatic heterocycles. The lowest BCUT2D eigenvalue weighted by atomic mass is 10.1. The van der Waals surface area contributed by atoms with Crippen LogP contribution in [-0.4, -0.2) is 17.6 Å². The lowest BCUT2D eigenvalue weighted by Gasteiger charge is -1.98. The first-order valence-corrected chi connectivity index (χ1v) is 5.80. The summed E-state index contributed by atoms with van der Waals surface area (Å²) in [5, 5.41) is 9.94. The Kier molecular flexibility index (Phi) is 3.48. The Morgan fingerprint density at radius 2 is 2.22 bits per heavy atom. The Hall–Kier alpha value is -2.07. The molecule has 0 aliphatic carbocycles. The molecule has 0 aliphatic rings. The molecule has 0 fully saturated rings. The van der Waals surface area contributed by atoms with Gasteiger partial charge in [-0.25, -0.2) is 4.79 Å². The zero-order valence-corrected chi connectivity index (χ0v) is 10.1. The average Bonchev–Trinajstić information content (AvgIpc) is 2.77. The van der Waals surface area contributed by atoms with Crippen LogP contribution in [0.1, 0.15) is 18.2 Å². The van der Waals surface area contributed by atoms with E-state index in [-0.39, 0.29) is 12.1 Å². The number of benzene rings is 1. The average molecular weight is 245 g/mol. The van der Waals surface area contributed by atoms with Gasteiger partial charge >= 0.3 is 5.97 Å². The lowest BCUT2D eigenvalue weighted by Crippen LogP contribution is -2.11. The summed E-state index contributed by atoms with van der Waals surface area (Å²) < 4.78 is 5.63. The third-order valence-corrected chi connectivity index (χ3v) is 2.78. The molecule has 0 aliphatic heterocycles. The third kappa shape index (κ3) is 2.43. The molecule has 4 heteroatoms. The molecule has 0 unspecified atom stereocenters. The van der Waals surface area contributed by atoms with E-state index in [1.807, 2.05) is 31.2 Å². The molecule has 3 N–H and O–H groups in total. The first-order valence-electron chi connectivity index (χ1n) is 5.80. The molecule has 1 aromatic carbocycles. The number of aryl methyl sites for hydroxylation is 1. The largest absolute Gasteiger partial charge is 0.478 e. The number of carboxylic acid groups (broad SMARTS) is 1. The van der Waals surface area contributed by atoms with Crippen LogP contribution in [-0.2, 0) is 11.2 Å². The minimum Gasteiger partial charge on any atom is -0.478 e. The van der Waals surface area contributed by atoms with Gasteiger partial charge in [0, 0.05) is 18.4 Å². The fraction of sp³-hybridized carbons (Fsp3) is 0.214. The molecular formula is C14H15NO3. The van der Waals surface area contributed by atoms with Crippen molar-refractivity contribution in [2.45, 2.75) is 13.3 Å². The molecule has 0 amide bonds. The summed E-state index contributed by atoms with van der Waals surface area (Å²) in [5.74, 6) is -0.0744. The molecule has 1 heterocycles. The van der Waals surface area contributed by atoms with Crippen LogP contribution in [0.2, 0.25) is 0 Å². The summed E-state index contributed by atoms with van der Waals surface area (Å²) >= 11 is 0. The minimum atomic E-state index is -0.994. The number of hydrogen-bond acceptors (Lipinski definition) is 3. The Balaban J connectivity index is 2.43. The summed E-state index contributed by atoms with van der Waals surface area (Å²) in [6, 6.07) is 7.59. The second-order valence-electron chi connectivity index (χ2n) is 4.04. The first-order chi connectivity index (χ1) is 8.63. The second kappa shape index (κ2) is 5.06. The van der Waals surface area contributed by atoms with Crippen molar-refractivity contribution in [3.05, 3.63) is 41.2 Å². The Labute approximate surface area is 105 Å². The SMILES string of the molecule is CCc1cc2ccc(/C=C(/CN)C(=O)O)cc2o1.